The third kappa shape index (κ3) is 4.08. The summed E-state index contributed by atoms with van der Waals surface area (Å²) in [5, 5.41) is 8.95. The Morgan fingerprint density at radius 3 is 2.08 bits per heavy atom. The molecule has 0 aromatic heterocycles. The van der Waals surface area contributed by atoms with Gasteiger partial charge in [0, 0.05) is 37.7 Å². The van der Waals surface area contributed by atoms with Gasteiger partial charge in [-0.2, -0.15) is 9.57 Å². The maximum atomic E-state index is 12.8. The Hall–Kier alpha value is -1.91. The van der Waals surface area contributed by atoms with Gasteiger partial charge in [-0.15, -0.1) is 0 Å². The van der Waals surface area contributed by atoms with E-state index in [1.807, 2.05) is 0 Å². The van der Waals surface area contributed by atoms with Crippen LogP contribution in [0.25, 0.3) is 0 Å². The zero-order valence-electron chi connectivity index (χ0n) is 14.9. The Morgan fingerprint density at radius 1 is 0.962 bits per heavy atom. The van der Waals surface area contributed by atoms with Crippen LogP contribution in [0.1, 0.15) is 48.9 Å². The van der Waals surface area contributed by atoms with Gasteiger partial charge in [0.05, 0.1) is 11.0 Å². The van der Waals surface area contributed by atoms with Crippen molar-refractivity contribution < 1.29 is 13.2 Å². The second kappa shape index (κ2) is 8.19. The number of likely N-dealkylation sites (tertiary alicyclic amines) is 1. The third-order valence-corrected chi connectivity index (χ3v) is 7.18. The van der Waals surface area contributed by atoms with E-state index in [0.717, 1.165) is 25.7 Å². The molecule has 7 heteroatoms. The third-order valence-electron chi connectivity index (χ3n) is 5.27. The lowest BCUT2D eigenvalue weighted by molar-refractivity contribution is 0.0707. The molecule has 0 N–H and O–H groups in total. The molecule has 26 heavy (non-hydrogen) atoms. The van der Waals surface area contributed by atoms with E-state index in [4.69, 9.17) is 5.26 Å². The largest absolute Gasteiger partial charge is 0.339 e. The van der Waals surface area contributed by atoms with Crippen LogP contribution in [0.3, 0.4) is 0 Å². The molecule has 0 radical (unpaired) electrons. The summed E-state index contributed by atoms with van der Waals surface area (Å²) in [6, 6.07) is 8.53. The average Bonchev–Trinajstić information content (AvgIpc) is 2.98. The van der Waals surface area contributed by atoms with Gasteiger partial charge in [-0.05, 0) is 49.9 Å². The first-order valence-corrected chi connectivity index (χ1v) is 10.8. The van der Waals surface area contributed by atoms with Gasteiger partial charge in [-0.25, -0.2) is 8.42 Å². The normalized spacial score (nSPS) is 20.3. The molecule has 2 fully saturated rings. The van der Waals surface area contributed by atoms with Crippen LogP contribution in [0.4, 0.5) is 0 Å². The Morgan fingerprint density at radius 2 is 1.54 bits per heavy atom. The van der Waals surface area contributed by atoms with Crippen molar-refractivity contribution in [2.24, 2.45) is 5.92 Å². The highest BCUT2D eigenvalue weighted by Gasteiger charge is 2.26. The molecule has 0 spiro atoms. The van der Waals surface area contributed by atoms with Crippen molar-refractivity contribution in [1.29, 1.82) is 5.26 Å². The number of rotatable bonds is 3. The SMILES string of the molecule is N#CC1CCN(C(=O)c2ccc(S(=O)(=O)N3CCCCCC3)cc2)CC1. The van der Waals surface area contributed by atoms with Crippen molar-refractivity contribution in [3.05, 3.63) is 29.8 Å². The minimum atomic E-state index is -3.49. The average molecular weight is 375 g/mol. The van der Waals surface area contributed by atoms with E-state index in [1.54, 1.807) is 21.3 Å². The lowest BCUT2D eigenvalue weighted by Crippen LogP contribution is -2.38. The fourth-order valence-electron chi connectivity index (χ4n) is 3.59. The Labute approximate surface area is 155 Å². The van der Waals surface area contributed by atoms with Crippen molar-refractivity contribution in [3.8, 4) is 6.07 Å². The van der Waals surface area contributed by atoms with Crippen LogP contribution < -0.4 is 0 Å². The van der Waals surface area contributed by atoms with E-state index in [0.29, 0.717) is 44.6 Å². The number of carbonyl (C=O) groups excluding carboxylic acids is 1. The number of carbonyl (C=O) groups is 1. The first-order chi connectivity index (χ1) is 12.5. The van der Waals surface area contributed by atoms with Gasteiger partial charge in [-0.3, -0.25) is 4.79 Å². The number of benzene rings is 1. The first-order valence-electron chi connectivity index (χ1n) is 9.31. The quantitative estimate of drug-likeness (QED) is 0.813. The van der Waals surface area contributed by atoms with Crippen LogP contribution in [0.2, 0.25) is 0 Å². The molecule has 0 saturated carbocycles. The molecule has 3 rings (SSSR count). The Balaban J connectivity index is 1.70. The summed E-state index contributed by atoms with van der Waals surface area (Å²) >= 11 is 0. The molecule has 2 saturated heterocycles. The molecule has 0 aliphatic carbocycles. The van der Waals surface area contributed by atoms with E-state index in [-0.39, 0.29) is 16.7 Å². The lowest BCUT2D eigenvalue weighted by atomic mass is 9.98. The van der Waals surface area contributed by atoms with Gasteiger partial charge in [0.1, 0.15) is 0 Å². The monoisotopic (exact) mass is 375 g/mol. The predicted octanol–water partition coefficient (Wildman–Crippen LogP) is 2.63. The summed E-state index contributed by atoms with van der Waals surface area (Å²) in [6.07, 6.45) is 5.33. The highest BCUT2D eigenvalue weighted by Crippen LogP contribution is 2.22. The maximum absolute atomic E-state index is 12.8. The van der Waals surface area contributed by atoms with Gasteiger partial charge in [0.2, 0.25) is 10.0 Å². The van der Waals surface area contributed by atoms with Crippen molar-refractivity contribution >= 4 is 15.9 Å². The Bertz CT molecular complexity index is 767. The van der Waals surface area contributed by atoms with Crippen LogP contribution in [0.15, 0.2) is 29.2 Å². The maximum Gasteiger partial charge on any atom is 0.253 e. The number of sulfonamides is 1. The molecular formula is C19H25N3O3S. The van der Waals surface area contributed by atoms with Crippen molar-refractivity contribution in [2.75, 3.05) is 26.2 Å². The van der Waals surface area contributed by atoms with Crippen molar-refractivity contribution in [2.45, 2.75) is 43.4 Å². The summed E-state index contributed by atoms with van der Waals surface area (Å²) in [6.45, 7) is 2.28. The van der Waals surface area contributed by atoms with E-state index in [1.165, 1.54) is 12.1 Å². The molecule has 0 atom stereocenters. The van der Waals surface area contributed by atoms with Crippen molar-refractivity contribution in [1.82, 2.24) is 9.21 Å². The molecule has 6 nitrogen and oxygen atoms in total. The van der Waals surface area contributed by atoms with Gasteiger partial charge in [0.15, 0.2) is 0 Å². The molecule has 2 heterocycles. The van der Waals surface area contributed by atoms with Crippen LogP contribution in [-0.4, -0.2) is 49.7 Å². The van der Waals surface area contributed by atoms with Gasteiger partial charge < -0.3 is 4.90 Å². The summed E-state index contributed by atoms with van der Waals surface area (Å²) in [5.74, 6) is -0.0692. The molecule has 2 aliphatic heterocycles. The predicted molar refractivity (Wildman–Crippen MR) is 97.9 cm³/mol. The first kappa shape index (κ1) is 18.9. The number of nitriles is 1. The van der Waals surface area contributed by atoms with Crippen molar-refractivity contribution in [3.63, 3.8) is 0 Å². The van der Waals surface area contributed by atoms with Gasteiger partial charge >= 0.3 is 0 Å². The summed E-state index contributed by atoms with van der Waals surface area (Å²) < 4.78 is 27.1. The number of piperidine rings is 1. The fraction of sp³-hybridized carbons (Fsp3) is 0.579. The molecule has 0 unspecified atom stereocenters. The minimum absolute atomic E-state index is 0.0280. The summed E-state index contributed by atoms with van der Waals surface area (Å²) in [7, 11) is -3.49. The number of nitrogens with zero attached hydrogens (tertiary/aromatic N) is 3. The molecule has 1 aromatic carbocycles. The highest BCUT2D eigenvalue weighted by atomic mass is 32.2. The minimum Gasteiger partial charge on any atom is -0.339 e. The summed E-state index contributed by atoms with van der Waals surface area (Å²) in [4.78, 5) is 14.6. The zero-order chi connectivity index (χ0) is 18.6. The van der Waals surface area contributed by atoms with Crippen LogP contribution in [0, 0.1) is 17.2 Å². The second-order valence-electron chi connectivity index (χ2n) is 7.04. The lowest BCUT2D eigenvalue weighted by Gasteiger charge is -2.29. The standard InChI is InChI=1S/C19H25N3O3S/c20-15-16-9-13-21(14-10-16)19(23)17-5-7-18(8-6-17)26(24,25)22-11-3-1-2-4-12-22/h5-8,16H,1-4,9-14H2. The van der Waals surface area contributed by atoms with E-state index >= 15 is 0 Å². The van der Waals surface area contributed by atoms with Crippen LogP contribution in [0.5, 0.6) is 0 Å². The molecule has 1 aromatic rings. The van der Waals surface area contributed by atoms with Crippen LogP contribution in [-0.2, 0) is 10.0 Å². The molecular weight excluding hydrogens is 350 g/mol. The fourth-order valence-corrected chi connectivity index (χ4v) is 5.11. The molecule has 1 amide bonds. The second-order valence-corrected chi connectivity index (χ2v) is 8.98. The Kier molecular flexibility index (Phi) is 5.94. The number of hydrogen-bond acceptors (Lipinski definition) is 4. The van der Waals surface area contributed by atoms with Crippen LogP contribution >= 0.6 is 0 Å². The van der Waals surface area contributed by atoms with Gasteiger partial charge in [-0.1, -0.05) is 12.8 Å². The molecule has 2 aliphatic rings. The number of amides is 1. The van der Waals surface area contributed by atoms with E-state index in [9.17, 15) is 13.2 Å². The molecule has 140 valence electrons. The van der Waals surface area contributed by atoms with E-state index < -0.39 is 10.0 Å². The summed E-state index contributed by atoms with van der Waals surface area (Å²) in [5.41, 5.74) is 0.496. The van der Waals surface area contributed by atoms with Gasteiger partial charge in [0.25, 0.3) is 5.91 Å². The smallest absolute Gasteiger partial charge is 0.253 e. The highest BCUT2D eigenvalue weighted by molar-refractivity contribution is 7.89. The molecule has 0 bridgehead atoms. The van der Waals surface area contributed by atoms with E-state index in [2.05, 4.69) is 6.07 Å². The zero-order valence-corrected chi connectivity index (χ0v) is 15.7. The topological polar surface area (TPSA) is 81.5 Å². The number of hydrogen-bond donors (Lipinski definition) is 0.